The van der Waals surface area contributed by atoms with Crippen LogP contribution in [0.5, 0.6) is 5.75 Å². The molecule has 2 N–H and O–H groups in total. The van der Waals surface area contributed by atoms with Crippen molar-refractivity contribution in [2.24, 2.45) is 0 Å². The van der Waals surface area contributed by atoms with Gasteiger partial charge in [-0.2, -0.15) is 0 Å². The second-order valence-corrected chi connectivity index (χ2v) is 8.85. The van der Waals surface area contributed by atoms with E-state index in [4.69, 9.17) is 0 Å². The third-order valence-electron chi connectivity index (χ3n) is 6.90. The van der Waals surface area contributed by atoms with E-state index in [-0.39, 0.29) is 17.8 Å². The summed E-state index contributed by atoms with van der Waals surface area (Å²) in [6.07, 6.45) is 6.89. The zero-order chi connectivity index (χ0) is 22.5. The minimum atomic E-state index is -0.931. The topological polar surface area (TPSA) is 91.5 Å². The van der Waals surface area contributed by atoms with Crippen molar-refractivity contribution in [2.75, 3.05) is 11.9 Å². The van der Waals surface area contributed by atoms with E-state index in [9.17, 15) is 9.50 Å². The highest BCUT2D eigenvalue weighted by Gasteiger charge is 2.43. The number of nitrogens with one attached hydrogen (secondary N) is 1. The lowest BCUT2D eigenvalue weighted by Gasteiger charge is -2.38. The van der Waals surface area contributed by atoms with E-state index in [1.807, 2.05) is 46.8 Å². The van der Waals surface area contributed by atoms with E-state index in [1.54, 1.807) is 24.5 Å². The molecule has 33 heavy (non-hydrogen) atoms. The van der Waals surface area contributed by atoms with Gasteiger partial charge in [-0.05, 0) is 43.5 Å². The van der Waals surface area contributed by atoms with E-state index in [1.165, 1.54) is 0 Å². The Morgan fingerprint density at radius 1 is 1.12 bits per heavy atom. The van der Waals surface area contributed by atoms with Gasteiger partial charge >= 0.3 is 0 Å². The predicted molar refractivity (Wildman–Crippen MR) is 123 cm³/mol. The van der Waals surface area contributed by atoms with Crippen LogP contribution in [0.1, 0.15) is 19.3 Å². The number of piperidine rings is 1. The van der Waals surface area contributed by atoms with Crippen LogP contribution in [-0.4, -0.2) is 61.0 Å². The van der Waals surface area contributed by atoms with Crippen molar-refractivity contribution >= 4 is 11.5 Å². The zero-order valence-corrected chi connectivity index (χ0v) is 18.1. The van der Waals surface area contributed by atoms with Gasteiger partial charge in [0.25, 0.3) is 0 Å². The molecule has 9 heteroatoms. The lowest BCUT2D eigenvalue weighted by Crippen LogP contribution is -2.55. The number of anilines is 1. The number of rotatable bonds is 4. The summed E-state index contributed by atoms with van der Waals surface area (Å²) < 4.78 is 16.8. The summed E-state index contributed by atoms with van der Waals surface area (Å²) in [5.74, 6) is 1.35. The fraction of sp³-hybridized carbons (Fsp3) is 0.333. The first-order chi connectivity index (χ1) is 16.1. The maximum atomic E-state index is 14.9. The van der Waals surface area contributed by atoms with E-state index < -0.39 is 6.17 Å². The average molecular weight is 446 g/mol. The Balaban J connectivity index is 1.25. The van der Waals surface area contributed by atoms with Gasteiger partial charge < -0.3 is 15.3 Å². The van der Waals surface area contributed by atoms with Gasteiger partial charge in [0, 0.05) is 36.5 Å². The van der Waals surface area contributed by atoms with Crippen LogP contribution >= 0.6 is 0 Å². The minimum absolute atomic E-state index is 0.0682. The molecule has 6 rings (SSSR count). The summed E-state index contributed by atoms with van der Waals surface area (Å²) in [6, 6.07) is 11.1. The summed E-state index contributed by atoms with van der Waals surface area (Å²) in [6.45, 7) is 0. The number of benzene rings is 1. The third kappa shape index (κ3) is 3.39. The van der Waals surface area contributed by atoms with Gasteiger partial charge in [-0.15, -0.1) is 10.2 Å². The summed E-state index contributed by atoms with van der Waals surface area (Å²) in [5, 5.41) is 22.5. The molecule has 1 aromatic carbocycles. The van der Waals surface area contributed by atoms with Crippen LogP contribution in [0.3, 0.4) is 0 Å². The van der Waals surface area contributed by atoms with Gasteiger partial charge in [0.1, 0.15) is 17.7 Å². The molecule has 2 aliphatic rings. The van der Waals surface area contributed by atoms with Gasteiger partial charge in [-0.25, -0.2) is 9.37 Å². The van der Waals surface area contributed by atoms with E-state index in [0.29, 0.717) is 28.9 Å². The lowest BCUT2D eigenvalue weighted by atomic mass is 9.96. The molecule has 2 saturated heterocycles. The third-order valence-corrected chi connectivity index (χ3v) is 6.90. The van der Waals surface area contributed by atoms with Crippen LogP contribution in [0.25, 0.3) is 28.3 Å². The second kappa shape index (κ2) is 7.77. The number of phenolic OH excluding ortho intramolecular Hbond substituents is 1. The number of phenols is 1. The number of hydrogen-bond donors (Lipinski definition) is 2. The number of hydrogen-bond acceptors (Lipinski definition) is 7. The van der Waals surface area contributed by atoms with Gasteiger partial charge in [0.2, 0.25) is 0 Å². The monoisotopic (exact) mass is 445 g/mol. The number of alkyl halides is 1. The van der Waals surface area contributed by atoms with Crippen LogP contribution in [0.2, 0.25) is 0 Å². The molecular weight excluding hydrogens is 421 g/mol. The number of halogens is 1. The second-order valence-electron chi connectivity index (χ2n) is 8.85. The molecule has 3 aromatic heterocycles. The fourth-order valence-corrected chi connectivity index (χ4v) is 5.09. The molecule has 8 nitrogen and oxygen atoms in total. The van der Waals surface area contributed by atoms with E-state index in [0.717, 1.165) is 30.5 Å². The summed E-state index contributed by atoms with van der Waals surface area (Å²) in [5.41, 5.74) is 2.59. The summed E-state index contributed by atoms with van der Waals surface area (Å²) in [4.78, 5) is 10.9. The first kappa shape index (κ1) is 20.0. The van der Waals surface area contributed by atoms with Gasteiger partial charge in [-0.3, -0.25) is 9.38 Å². The Labute approximate surface area is 190 Å². The quantitative estimate of drug-likeness (QED) is 0.498. The van der Waals surface area contributed by atoms with Crippen molar-refractivity contribution in [3.8, 4) is 28.4 Å². The maximum absolute atomic E-state index is 14.9. The maximum Gasteiger partial charge on any atom is 0.168 e. The Hall–Kier alpha value is -3.59. The molecular formula is C24H24FN7O. The van der Waals surface area contributed by atoms with Crippen molar-refractivity contribution in [2.45, 2.75) is 43.6 Å². The van der Waals surface area contributed by atoms with Crippen molar-refractivity contribution in [3.05, 3.63) is 55.0 Å². The standard InChI is InChI=1S/C24H24FN7O/c1-31(19-11-15-6-8-17(28-15)23(19)25)22-13-26-18(12-27-22)16-7-5-14(10-20(16)33)24-30-29-21-4-2-3-9-32(21)24/h2-5,7,9-10,12-13,15,17,19,23,28,33H,6,8,11H2,1H3/t15?,17?,19-,23+/m0/s1. The molecule has 0 amide bonds. The molecule has 2 aliphatic heterocycles. The average Bonchev–Trinajstić information content (AvgIpc) is 3.46. The number of aromatic hydroxyl groups is 1. The van der Waals surface area contributed by atoms with E-state index >= 15 is 0 Å². The van der Waals surface area contributed by atoms with Gasteiger partial charge in [0.05, 0.1) is 24.1 Å². The molecule has 0 saturated carbocycles. The molecule has 2 unspecified atom stereocenters. The normalized spacial score (nSPS) is 24.3. The smallest absolute Gasteiger partial charge is 0.168 e. The molecule has 4 atom stereocenters. The molecule has 168 valence electrons. The molecule has 5 heterocycles. The van der Waals surface area contributed by atoms with Crippen molar-refractivity contribution in [1.29, 1.82) is 0 Å². The van der Waals surface area contributed by atoms with Crippen LogP contribution in [0, 0.1) is 0 Å². The molecule has 0 aliphatic carbocycles. The van der Waals surface area contributed by atoms with E-state index in [2.05, 4.69) is 25.5 Å². The van der Waals surface area contributed by atoms with Gasteiger partial charge in [-0.1, -0.05) is 12.1 Å². The Morgan fingerprint density at radius 3 is 2.85 bits per heavy atom. The minimum Gasteiger partial charge on any atom is -0.507 e. The summed E-state index contributed by atoms with van der Waals surface area (Å²) in [7, 11) is 1.88. The van der Waals surface area contributed by atoms with Crippen LogP contribution in [0.4, 0.5) is 10.2 Å². The van der Waals surface area contributed by atoms with Crippen molar-refractivity contribution in [1.82, 2.24) is 29.9 Å². The molecule has 2 fully saturated rings. The summed E-state index contributed by atoms with van der Waals surface area (Å²) >= 11 is 0. The highest BCUT2D eigenvalue weighted by Crippen LogP contribution is 2.34. The van der Waals surface area contributed by atoms with Crippen LogP contribution in [-0.2, 0) is 0 Å². The first-order valence-electron chi connectivity index (χ1n) is 11.2. The predicted octanol–water partition coefficient (Wildman–Crippen LogP) is 3.23. The SMILES string of the molecule is CN(c1cnc(-c2ccc(-c3nnc4ccccn34)cc2O)cn1)[C@H]1CC2CCC(N2)[C@H]1F. The largest absolute Gasteiger partial charge is 0.507 e. The zero-order valence-electron chi connectivity index (χ0n) is 18.1. The molecule has 0 radical (unpaired) electrons. The molecule has 0 spiro atoms. The molecule has 4 aromatic rings. The Morgan fingerprint density at radius 2 is 2.03 bits per heavy atom. The van der Waals surface area contributed by atoms with Crippen LogP contribution < -0.4 is 10.2 Å². The number of aromatic nitrogens is 5. The van der Waals surface area contributed by atoms with Crippen LogP contribution in [0.15, 0.2) is 55.0 Å². The van der Waals surface area contributed by atoms with Gasteiger partial charge in [0.15, 0.2) is 11.5 Å². The molecule has 2 bridgehead atoms. The number of nitrogens with zero attached hydrogens (tertiary/aromatic N) is 6. The Bertz CT molecular complexity index is 1310. The fourth-order valence-electron chi connectivity index (χ4n) is 5.09. The number of fused-ring (bicyclic) bond motifs is 3. The van der Waals surface area contributed by atoms with Crippen molar-refractivity contribution in [3.63, 3.8) is 0 Å². The Kier molecular flexibility index (Phi) is 4.72. The highest BCUT2D eigenvalue weighted by molar-refractivity contribution is 5.72. The lowest BCUT2D eigenvalue weighted by molar-refractivity contribution is 0.176. The van der Waals surface area contributed by atoms with Crippen molar-refractivity contribution < 1.29 is 9.50 Å². The number of pyridine rings is 1. The first-order valence-corrected chi connectivity index (χ1v) is 11.2. The highest BCUT2D eigenvalue weighted by atomic mass is 19.1.